The lowest BCUT2D eigenvalue weighted by Gasteiger charge is -2.26. The number of aromatic nitrogens is 2. The molecule has 1 aliphatic rings. The second kappa shape index (κ2) is 6.39. The zero-order chi connectivity index (χ0) is 17.3. The third kappa shape index (κ3) is 3.36. The van der Waals surface area contributed by atoms with Gasteiger partial charge in [0, 0.05) is 25.0 Å². The highest BCUT2D eigenvalue weighted by Gasteiger charge is 2.34. The van der Waals surface area contributed by atoms with Gasteiger partial charge in [0.15, 0.2) is 9.84 Å². The molecule has 2 aromatic rings. The summed E-state index contributed by atoms with van der Waals surface area (Å²) in [6.07, 6.45) is 6.03. The van der Waals surface area contributed by atoms with Crippen LogP contribution in [0.2, 0.25) is 0 Å². The second-order valence-electron chi connectivity index (χ2n) is 6.22. The van der Waals surface area contributed by atoms with Crippen LogP contribution in [0.25, 0.3) is 5.65 Å². The number of amides is 1. The second-order valence-corrected chi connectivity index (χ2v) is 8.45. The third-order valence-corrected chi connectivity index (χ3v) is 6.11. The molecular formula is C17H21N3O3S. The van der Waals surface area contributed by atoms with Crippen molar-refractivity contribution in [2.24, 2.45) is 0 Å². The molecule has 1 atom stereocenters. The van der Waals surface area contributed by atoms with Gasteiger partial charge in [0.1, 0.15) is 5.65 Å². The van der Waals surface area contributed by atoms with Crippen LogP contribution >= 0.6 is 0 Å². The molecular weight excluding hydrogens is 326 g/mol. The lowest BCUT2D eigenvalue weighted by Crippen LogP contribution is -2.42. The first-order valence-electron chi connectivity index (χ1n) is 7.93. The first kappa shape index (κ1) is 16.7. The quantitative estimate of drug-likeness (QED) is 0.766. The fourth-order valence-electron chi connectivity index (χ4n) is 3.16. The highest BCUT2D eigenvalue weighted by Crippen LogP contribution is 2.19. The monoisotopic (exact) mass is 347 g/mol. The molecule has 24 heavy (non-hydrogen) atoms. The van der Waals surface area contributed by atoms with Crippen molar-refractivity contribution in [2.75, 3.05) is 18.1 Å². The van der Waals surface area contributed by atoms with E-state index < -0.39 is 9.84 Å². The number of fused-ring (bicyclic) bond motifs is 1. The summed E-state index contributed by atoms with van der Waals surface area (Å²) in [5, 5.41) is 0. The largest absolute Gasteiger partial charge is 0.335 e. The van der Waals surface area contributed by atoms with E-state index in [4.69, 9.17) is 0 Å². The van der Waals surface area contributed by atoms with Gasteiger partial charge in [-0.1, -0.05) is 12.1 Å². The first-order chi connectivity index (χ1) is 11.4. The molecule has 3 heterocycles. The lowest BCUT2D eigenvalue weighted by molar-refractivity contribution is -0.131. The van der Waals surface area contributed by atoms with Crippen LogP contribution in [0.15, 0.2) is 37.2 Å². The Kier molecular flexibility index (Phi) is 4.45. The van der Waals surface area contributed by atoms with Gasteiger partial charge in [-0.15, -0.1) is 6.58 Å². The van der Waals surface area contributed by atoms with Gasteiger partial charge >= 0.3 is 0 Å². The molecule has 1 unspecified atom stereocenters. The molecule has 0 bridgehead atoms. The number of hydrogen-bond acceptors (Lipinski definition) is 4. The molecule has 0 radical (unpaired) electrons. The SMILES string of the molecule is C=CCN(C(=O)Cc1cn2cccc(C)c2n1)C1CCS(=O)(=O)C1. The molecule has 128 valence electrons. The van der Waals surface area contributed by atoms with Gasteiger partial charge in [0.2, 0.25) is 5.91 Å². The highest BCUT2D eigenvalue weighted by atomic mass is 32.2. The van der Waals surface area contributed by atoms with Gasteiger partial charge < -0.3 is 9.30 Å². The molecule has 0 saturated carbocycles. The van der Waals surface area contributed by atoms with Gasteiger partial charge in [-0.25, -0.2) is 13.4 Å². The van der Waals surface area contributed by atoms with Crippen LogP contribution in [0.4, 0.5) is 0 Å². The van der Waals surface area contributed by atoms with Crippen LogP contribution in [0, 0.1) is 6.92 Å². The predicted octanol–water partition coefficient (Wildman–Crippen LogP) is 1.39. The average Bonchev–Trinajstić information content (AvgIpc) is 3.08. The van der Waals surface area contributed by atoms with Crippen LogP contribution in [-0.4, -0.2) is 52.7 Å². The molecule has 1 amide bonds. The Morgan fingerprint density at radius 1 is 1.54 bits per heavy atom. The molecule has 6 nitrogen and oxygen atoms in total. The molecule has 1 fully saturated rings. The standard InChI is InChI=1S/C17H21N3O3S/c1-3-7-20(15-6-9-24(22,23)12-15)16(21)10-14-11-19-8-4-5-13(2)17(19)18-14/h3-5,8,11,15H,1,6-7,9-10,12H2,2H3. The summed E-state index contributed by atoms with van der Waals surface area (Å²) >= 11 is 0. The number of carbonyl (C=O) groups excluding carboxylic acids is 1. The van der Waals surface area contributed by atoms with E-state index in [0.717, 1.165) is 11.2 Å². The molecule has 7 heteroatoms. The predicted molar refractivity (Wildman–Crippen MR) is 92.6 cm³/mol. The summed E-state index contributed by atoms with van der Waals surface area (Å²) in [5.74, 6) is 0.0706. The van der Waals surface area contributed by atoms with E-state index in [-0.39, 0.29) is 29.9 Å². The van der Waals surface area contributed by atoms with Crippen molar-refractivity contribution in [3.05, 3.63) is 48.4 Å². The summed E-state index contributed by atoms with van der Waals surface area (Å²) < 4.78 is 25.3. The van der Waals surface area contributed by atoms with Gasteiger partial charge in [-0.3, -0.25) is 4.79 Å². The van der Waals surface area contributed by atoms with E-state index >= 15 is 0 Å². The fourth-order valence-corrected chi connectivity index (χ4v) is 4.89. The van der Waals surface area contributed by atoms with Gasteiger partial charge in [-0.2, -0.15) is 0 Å². The number of aryl methyl sites for hydroxylation is 1. The average molecular weight is 347 g/mol. The Bertz CT molecular complexity index is 886. The number of nitrogens with zero attached hydrogens (tertiary/aromatic N) is 3. The zero-order valence-corrected chi connectivity index (χ0v) is 14.5. The Labute approximate surface area is 141 Å². The zero-order valence-electron chi connectivity index (χ0n) is 13.7. The number of rotatable bonds is 5. The normalized spacial score (nSPS) is 19.5. The Morgan fingerprint density at radius 2 is 2.33 bits per heavy atom. The summed E-state index contributed by atoms with van der Waals surface area (Å²) in [7, 11) is -3.04. The summed E-state index contributed by atoms with van der Waals surface area (Å²) in [4.78, 5) is 18.8. The van der Waals surface area contributed by atoms with E-state index in [1.807, 2.05) is 35.9 Å². The van der Waals surface area contributed by atoms with Gasteiger partial charge in [-0.05, 0) is 25.0 Å². The first-order valence-corrected chi connectivity index (χ1v) is 9.76. The molecule has 3 rings (SSSR count). The third-order valence-electron chi connectivity index (χ3n) is 4.36. The number of carbonyl (C=O) groups is 1. The minimum absolute atomic E-state index is 0.0385. The minimum Gasteiger partial charge on any atom is -0.335 e. The van der Waals surface area contributed by atoms with Gasteiger partial charge in [0.25, 0.3) is 0 Å². The topological polar surface area (TPSA) is 71.8 Å². The molecule has 1 saturated heterocycles. The van der Waals surface area contributed by atoms with E-state index in [0.29, 0.717) is 18.7 Å². The summed E-state index contributed by atoms with van der Waals surface area (Å²) in [5.41, 5.74) is 2.56. The Morgan fingerprint density at radius 3 is 2.96 bits per heavy atom. The van der Waals surface area contributed by atoms with Crippen molar-refractivity contribution in [3.8, 4) is 0 Å². The smallest absolute Gasteiger partial charge is 0.229 e. The van der Waals surface area contributed by atoms with Gasteiger partial charge in [0.05, 0.1) is 23.6 Å². The van der Waals surface area contributed by atoms with E-state index in [2.05, 4.69) is 11.6 Å². The van der Waals surface area contributed by atoms with E-state index in [1.165, 1.54) is 0 Å². The molecule has 2 aromatic heterocycles. The maximum Gasteiger partial charge on any atom is 0.229 e. The Hall–Kier alpha value is -2.15. The van der Waals surface area contributed by atoms with Crippen molar-refractivity contribution in [3.63, 3.8) is 0 Å². The van der Waals surface area contributed by atoms with Crippen molar-refractivity contribution < 1.29 is 13.2 Å². The molecule has 0 aromatic carbocycles. The van der Waals surface area contributed by atoms with E-state index in [9.17, 15) is 13.2 Å². The molecule has 1 aliphatic heterocycles. The Balaban J connectivity index is 1.80. The minimum atomic E-state index is -3.04. The number of imidazole rings is 1. The van der Waals surface area contributed by atoms with Crippen LogP contribution < -0.4 is 0 Å². The molecule has 0 aliphatic carbocycles. The number of hydrogen-bond donors (Lipinski definition) is 0. The summed E-state index contributed by atoms with van der Waals surface area (Å²) in [6.45, 7) is 6.01. The van der Waals surface area contributed by atoms with Crippen molar-refractivity contribution in [2.45, 2.75) is 25.8 Å². The van der Waals surface area contributed by atoms with Crippen molar-refractivity contribution in [1.82, 2.24) is 14.3 Å². The summed E-state index contributed by atoms with van der Waals surface area (Å²) in [6, 6.07) is 3.64. The van der Waals surface area contributed by atoms with Crippen LogP contribution in [0.1, 0.15) is 17.7 Å². The van der Waals surface area contributed by atoms with Crippen molar-refractivity contribution in [1.29, 1.82) is 0 Å². The maximum atomic E-state index is 12.7. The van der Waals surface area contributed by atoms with Crippen LogP contribution in [0.3, 0.4) is 0 Å². The molecule has 0 spiro atoms. The van der Waals surface area contributed by atoms with Crippen LogP contribution in [0.5, 0.6) is 0 Å². The van der Waals surface area contributed by atoms with Crippen LogP contribution in [-0.2, 0) is 21.1 Å². The number of pyridine rings is 1. The lowest BCUT2D eigenvalue weighted by atomic mass is 10.2. The fraction of sp³-hybridized carbons (Fsp3) is 0.412. The molecule has 0 N–H and O–H groups in total. The number of sulfone groups is 1. The maximum absolute atomic E-state index is 12.7. The van der Waals surface area contributed by atoms with E-state index in [1.54, 1.807) is 11.0 Å². The highest BCUT2D eigenvalue weighted by molar-refractivity contribution is 7.91. The van der Waals surface area contributed by atoms with Crippen molar-refractivity contribution >= 4 is 21.4 Å².